The van der Waals surface area contributed by atoms with Crippen LogP contribution in [-0.4, -0.2) is 13.4 Å². The van der Waals surface area contributed by atoms with Gasteiger partial charge < -0.3 is 10.7 Å². The number of H-pyrrole nitrogens is 1. The fourth-order valence-corrected chi connectivity index (χ4v) is 4.09. The third-order valence-corrected chi connectivity index (χ3v) is 5.36. The van der Waals surface area contributed by atoms with E-state index in [0.29, 0.717) is 12.2 Å². The summed E-state index contributed by atoms with van der Waals surface area (Å²) in [6.07, 6.45) is 4.31. The normalized spacial score (nSPS) is 18.4. The number of aromatic nitrogens is 1. The number of sulfonamides is 1. The summed E-state index contributed by atoms with van der Waals surface area (Å²) in [5.41, 5.74) is 8.53. The second kappa shape index (κ2) is 5.63. The summed E-state index contributed by atoms with van der Waals surface area (Å²) in [5.74, 6) is 0. The van der Waals surface area contributed by atoms with Gasteiger partial charge in [-0.3, -0.25) is 0 Å². The predicted octanol–water partition coefficient (Wildman–Crippen LogP) is 1.83. The van der Waals surface area contributed by atoms with E-state index in [4.69, 9.17) is 5.73 Å². The first-order valence-corrected chi connectivity index (χ1v) is 8.56. The van der Waals surface area contributed by atoms with Crippen molar-refractivity contribution in [3.05, 3.63) is 53.3 Å². The van der Waals surface area contributed by atoms with E-state index < -0.39 is 10.0 Å². The van der Waals surface area contributed by atoms with Gasteiger partial charge in [-0.1, -0.05) is 24.3 Å². The maximum atomic E-state index is 12.5. The average Bonchev–Trinajstić information content (AvgIpc) is 2.97. The Morgan fingerprint density at radius 2 is 2.14 bits per heavy atom. The summed E-state index contributed by atoms with van der Waals surface area (Å²) < 4.78 is 27.8. The van der Waals surface area contributed by atoms with Gasteiger partial charge in [-0.05, 0) is 36.5 Å². The summed E-state index contributed by atoms with van der Waals surface area (Å²) in [7, 11) is -3.53. The Morgan fingerprint density at radius 3 is 2.90 bits per heavy atom. The summed E-state index contributed by atoms with van der Waals surface area (Å²) in [5, 5.41) is 0. The first kappa shape index (κ1) is 14.3. The SMILES string of the molecule is NCc1cc(S(=O)(=O)NC2CCCc3ccccc32)c[nH]1. The third-order valence-electron chi connectivity index (χ3n) is 3.91. The largest absolute Gasteiger partial charge is 0.363 e. The van der Waals surface area contributed by atoms with Gasteiger partial charge in [-0.2, -0.15) is 0 Å². The topological polar surface area (TPSA) is 88.0 Å². The van der Waals surface area contributed by atoms with Crippen LogP contribution in [0.15, 0.2) is 41.4 Å². The van der Waals surface area contributed by atoms with Crippen LogP contribution in [0, 0.1) is 0 Å². The molecule has 1 aromatic carbocycles. The number of benzene rings is 1. The van der Waals surface area contributed by atoms with Crippen LogP contribution >= 0.6 is 0 Å². The Balaban J connectivity index is 1.86. The van der Waals surface area contributed by atoms with Crippen molar-refractivity contribution in [1.82, 2.24) is 9.71 Å². The van der Waals surface area contributed by atoms with Crippen molar-refractivity contribution >= 4 is 10.0 Å². The van der Waals surface area contributed by atoms with Crippen LogP contribution in [0.1, 0.15) is 35.7 Å². The number of rotatable bonds is 4. The van der Waals surface area contributed by atoms with Crippen molar-refractivity contribution in [1.29, 1.82) is 0 Å². The van der Waals surface area contributed by atoms with E-state index in [9.17, 15) is 8.42 Å². The van der Waals surface area contributed by atoms with Gasteiger partial charge in [-0.25, -0.2) is 13.1 Å². The van der Waals surface area contributed by atoms with E-state index in [-0.39, 0.29) is 10.9 Å². The fraction of sp³-hybridized carbons (Fsp3) is 0.333. The maximum Gasteiger partial charge on any atom is 0.242 e. The highest BCUT2D eigenvalue weighted by molar-refractivity contribution is 7.89. The Morgan fingerprint density at radius 1 is 1.33 bits per heavy atom. The predicted molar refractivity (Wildman–Crippen MR) is 81.1 cm³/mol. The number of fused-ring (bicyclic) bond motifs is 1. The van der Waals surface area contributed by atoms with Gasteiger partial charge in [0.15, 0.2) is 0 Å². The molecule has 1 heterocycles. The van der Waals surface area contributed by atoms with Crippen molar-refractivity contribution in [2.75, 3.05) is 0 Å². The van der Waals surface area contributed by atoms with Crippen LogP contribution < -0.4 is 10.5 Å². The van der Waals surface area contributed by atoms with Crippen molar-refractivity contribution in [3.63, 3.8) is 0 Å². The van der Waals surface area contributed by atoms with Crippen LogP contribution in [-0.2, 0) is 23.0 Å². The average molecular weight is 305 g/mol. The lowest BCUT2D eigenvalue weighted by Crippen LogP contribution is -2.30. The molecule has 2 aromatic rings. The second-order valence-electron chi connectivity index (χ2n) is 5.33. The van der Waals surface area contributed by atoms with E-state index in [1.54, 1.807) is 6.07 Å². The molecule has 5 nitrogen and oxygen atoms in total. The number of aromatic amines is 1. The minimum absolute atomic E-state index is 0.156. The van der Waals surface area contributed by atoms with Crippen LogP contribution in [0.25, 0.3) is 0 Å². The molecule has 1 aliphatic rings. The quantitative estimate of drug-likeness (QED) is 0.805. The van der Waals surface area contributed by atoms with Crippen molar-refractivity contribution in [2.24, 2.45) is 5.73 Å². The Kier molecular flexibility index (Phi) is 3.84. The molecule has 6 heteroatoms. The number of nitrogens with one attached hydrogen (secondary N) is 2. The van der Waals surface area contributed by atoms with Crippen molar-refractivity contribution in [2.45, 2.75) is 36.7 Å². The Bertz CT molecular complexity index is 737. The molecular weight excluding hydrogens is 286 g/mol. The van der Waals surface area contributed by atoms with Crippen molar-refractivity contribution in [3.8, 4) is 0 Å². The molecule has 21 heavy (non-hydrogen) atoms. The molecule has 3 rings (SSSR count). The number of hydrogen-bond acceptors (Lipinski definition) is 3. The molecule has 0 saturated heterocycles. The minimum Gasteiger partial charge on any atom is -0.363 e. The lowest BCUT2D eigenvalue weighted by Gasteiger charge is -2.25. The summed E-state index contributed by atoms with van der Waals surface area (Å²) in [4.78, 5) is 3.12. The molecule has 0 spiro atoms. The van der Waals surface area contributed by atoms with E-state index in [2.05, 4.69) is 15.8 Å². The molecule has 4 N–H and O–H groups in total. The highest BCUT2D eigenvalue weighted by Crippen LogP contribution is 2.30. The van der Waals surface area contributed by atoms with Crippen LogP contribution in [0.2, 0.25) is 0 Å². The molecule has 1 unspecified atom stereocenters. The summed E-state index contributed by atoms with van der Waals surface area (Å²) in [6.45, 7) is 0.293. The molecule has 0 radical (unpaired) electrons. The lowest BCUT2D eigenvalue weighted by molar-refractivity contribution is 0.507. The van der Waals surface area contributed by atoms with Gasteiger partial charge in [0.05, 0.1) is 4.90 Å². The first-order chi connectivity index (χ1) is 10.1. The van der Waals surface area contributed by atoms with Gasteiger partial charge >= 0.3 is 0 Å². The number of nitrogens with two attached hydrogens (primary N) is 1. The Hall–Kier alpha value is -1.63. The lowest BCUT2D eigenvalue weighted by atomic mass is 9.88. The molecule has 1 aliphatic carbocycles. The molecule has 1 aromatic heterocycles. The van der Waals surface area contributed by atoms with Gasteiger partial charge in [0, 0.05) is 24.5 Å². The van der Waals surface area contributed by atoms with Gasteiger partial charge in [0.1, 0.15) is 0 Å². The minimum atomic E-state index is -3.53. The molecular formula is C15H19N3O2S. The molecule has 0 fully saturated rings. The number of aryl methyl sites for hydroxylation is 1. The standard InChI is InChI=1S/C15H19N3O2S/c16-9-12-8-13(10-17-12)21(19,20)18-15-7-3-5-11-4-1-2-6-14(11)15/h1-2,4,6,8,10,15,17-18H,3,5,7,9,16H2. The molecule has 0 aliphatic heterocycles. The van der Waals surface area contributed by atoms with Crippen LogP contribution in [0.3, 0.4) is 0 Å². The van der Waals surface area contributed by atoms with Gasteiger partial charge in [-0.15, -0.1) is 0 Å². The summed E-state index contributed by atoms with van der Waals surface area (Å²) >= 11 is 0. The number of hydrogen-bond donors (Lipinski definition) is 3. The van der Waals surface area contributed by atoms with Gasteiger partial charge in [0.25, 0.3) is 0 Å². The zero-order valence-corrected chi connectivity index (χ0v) is 12.5. The third kappa shape index (κ3) is 2.88. The Labute approximate surface area is 124 Å². The van der Waals surface area contributed by atoms with Crippen LogP contribution in [0.5, 0.6) is 0 Å². The molecule has 0 saturated carbocycles. The van der Waals surface area contributed by atoms with E-state index in [0.717, 1.165) is 24.8 Å². The van der Waals surface area contributed by atoms with E-state index >= 15 is 0 Å². The smallest absolute Gasteiger partial charge is 0.242 e. The molecule has 112 valence electrons. The van der Waals surface area contributed by atoms with Gasteiger partial charge in [0.2, 0.25) is 10.0 Å². The fourth-order valence-electron chi connectivity index (χ4n) is 2.82. The highest BCUT2D eigenvalue weighted by Gasteiger charge is 2.26. The molecule has 0 bridgehead atoms. The maximum absolute atomic E-state index is 12.5. The van der Waals surface area contributed by atoms with E-state index in [1.165, 1.54) is 11.8 Å². The second-order valence-corrected chi connectivity index (χ2v) is 7.04. The van der Waals surface area contributed by atoms with E-state index in [1.807, 2.05) is 18.2 Å². The van der Waals surface area contributed by atoms with Crippen LogP contribution in [0.4, 0.5) is 0 Å². The summed E-state index contributed by atoms with van der Waals surface area (Å²) in [6, 6.07) is 9.44. The zero-order chi connectivity index (χ0) is 14.9. The molecule has 0 amide bonds. The van der Waals surface area contributed by atoms with Crippen molar-refractivity contribution < 1.29 is 8.42 Å². The monoisotopic (exact) mass is 305 g/mol. The molecule has 1 atom stereocenters. The highest BCUT2D eigenvalue weighted by atomic mass is 32.2. The zero-order valence-electron chi connectivity index (χ0n) is 11.7. The first-order valence-electron chi connectivity index (χ1n) is 7.07.